The van der Waals surface area contributed by atoms with Gasteiger partial charge in [0.2, 0.25) is 5.13 Å². The topological polar surface area (TPSA) is 107 Å². The third kappa shape index (κ3) is 5.35. The second-order valence-corrected chi connectivity index (χ2v) is 7.81. The summed E-state index contributed by atoms with van der Waals surface area (Å²) >= 11 is 1.05. The molecule has 4 rings (SSSR count). The van der Waals surface area contributed by atoms with Crippen molar-refractivity contribution in [1.29, 1.82) is 0 Å². The Hall–Kier alpha value is -4.32. The summed E-state index contributed by atoms with van der Waals surface area (Å²) < 4.78 is 44.3. The molecule has 0 bridgehead atoms. The van der Waals surface area contributed by atoms with E-state index in [9.17, 15) is 28.1 Å². The first-order chi connectivity index (χ1) is 16.2. The van der Waals surface area contributed by atoms with Crippen LogP contribution >= 0.6 is 11.3 Å². The van der Waals surface area contributed by atoms with Gasteiger partial charge in [0.15, 0.2) is 0 Å². The lowest BCUT2D eigenvalue weighted by atomic mass is 10.2. The van der Waals surface area contributed by atoms with Crippen molar-refractivity contribution in [3.8, 4) is 22.1 Å². The van der Waals surface area contributed by atoms with Gasteiger partial charge in [-0.15, -0.1) is 10.2 Å². The molecule has 172 valence electrons. The van der Waals surface area contributed by atoms with E-state index in [2.05, 4.69) is 15.5 Å². The minimum atomic E-state index is -4.49. The molecule has 4 aromatic rings. The van der Waals surface area contributed by atoms with Crippen LogP contribution in [0.4, 0.5) is 24.0 Å². The summed E-state index contributed by atoms with van der Waals surface area (Å²) in [4.78, 5) is 22.7. The van der Waals surface area contributed by atoms with Crippen LogP contribution in [0.3, 0.4) is 0 Å². The number of ether oxygens (including phenoxy) is 1. The number of alkyl halides is 3. The lowest BCUT2D eigenvalue weighted by molar-refractivity contribution is -0.384. The molecular formula is C22H13F3N4O4S. The Balaban J connectivity index is 1.49. The molecule has 0 aliphatic rings. The Morgan fingerprint density at radius 1 is 0.971 bits per heavy atom. The van der Waals surface area contributed by atoms with Gasteiger partial charge in [-0.3, -0.25) is 20.2 Å². The number of rotatable bonds is 6. The molecule has 0 spiro atoms. The van der Waals surface area contributed by atoms with Crippen LogP contribution < -0.4 is 10.1 Å². The van der Waals surface area contributed by atoms with Crippen molar-refractivity contribution in [2.45, 2.75) is 6.18 Å². The summed E-state index contributed by atoms with van der Waals surface area (Å²) in [5, 5.41) is 21.9. The van der Waals surface area contributed by atoms with Gasteiger partial charge in [0.25, 0.3) is 11.6 Å². The Morgan fingerprint density at radius 3 is 2.41 bits per heavy atom. The van der Waals surface area contributed by atoms with E-state index in [1.165, 1.54) is 30.3 Å². The van der Waals surface area contributed by atoms with Gasteiger partial charge >= 0.3 is 6.18 Å². The third-order valence-electron chi connectivity index (χ3n) is 4.44. The van der Waals surface area contributed by atoms with E-state index >= 15 is 0 Å². The number of carbonyl (C=O) groups is 1. The highest BCUT2D eigenvalue weighted by molar-refractivity contribution is 7.18. The molecule has 34 heavy (non-hydrogen) atoms. The van der Waals surface area contributed by atoms with Crippen molar-refractivity contribution in [3.63, 3.8) is 0 Å². The molecular weight excluding hydrogens is 473 g/mol. The highest BCUT2D eigenvalue weighted by Crippen LogP contribution is 2.34. The number of carbonyl (C=O) groups excluding carboxylic acids is 1. The molecule has 0 saturated heterocycles. The van der Waals surface area contributed by atoms with E-state index in [4.69, 9.17) is 4.74 Å². The molecule has 0 aliphatic carbocycles. The fourth-order valence-electron chi connectivity index (χ4n) is 2.89. The SMILES string of the molecule is O=C(Nc1nnc(-c2cccc(Oc3cccc(C(F)(F)F)c3)c2)s1)c1cccc([N+](=O)[O-])c1. The second-order valence-electron chi connectivity index (χ2n) is 6.83. The first-order valence-corrected chi connectivity index (χ1v) is 10.4. The summed E-state index contributed by atoms with van der Waals surface area (Å²) in [6.45, 7) is 0. The maximum atomic E-state index is 12.9. The molecule has 0 aliphatic heterocycles. The van der Waals surface area contributed by atoms with E-state index in [1.54, 1.807) is 24.3 Å². The smallest absolute Gasteiger partial charge is 0.416 e. The van der Waals surface area contributed by atoms with Gasteiger partial charge in [0.05, 0.1) is 10.5 Å². The van der Waals surface area contributed by atoms with Gasteiger partial charge in [-0.2, -0.15) is 13.2 Å². The van der Waals surface area contributed by atoms with Crippen molar-refractivity contribution in [1.82, 2.24) is 10.2 Å². The summed E-state index contributed by atoms with van der Waals surface area (Å²) in [5.74, 6) is -0.281. The predicted octanol–water partition coefficient (Wildman–Crippen LogP) is 6.18. The minimum Gasteiger partial charge on any atom is -0.457 e. The zero-order valence-electron chi connectivity index (χ0n) is 16.9. The van der Waals surface area contributed by atoms with E-state index in [-0.39, 0.29) is 27.9 Å². The number of non-ortho nitro benzene ring substituents is 1. The molecule has 0 atom stereocenters. The van der Waals surface area contributed by atoms with E-state index in [0.29, 0.717) is 10.6 Å². The van der Waals surface area contributed by atoms with Crippen LogP contribution in [0.1, 0.15) is 15.9 Å². The molecule has 1 aromatic heterocycles. The minimum absolute atomic E-state index is 0.0224. The first kappa shape index (κ1) is 22.9. The van der Waals surface area contributed by atoms with Crippen LogP contribution in [-0.4, -0.2) is 21.0 Å². The van der Waals surface area contributed by atoms with Gasteiger partial charge in [-0.05, 0) is 36.4 Å². The van der Waals surface area contributed by atoms with Crippen molar-refractivity contribution >= 4 is 28.1 Å². The molecule has 1 heterocycles. The number of nitro groups is 1. The number of aromatic nitrogens is 2. The molecule has 0 fully saturated rings. The Labute approximate surface area is 193 Å². The number of nitrogens with one attached hydrogen (secondary N) is 1. The van der Waals surface area contributed by atoms with Crippen LogP contribution in [0.25, 0.3) is 10.6 Å². The number of hydrogen-bond acceptors (Lipinski definition) is 7. The predicted molar refractivity (Wildman–Crippen MR) is 118 cm³/mol. The monoisotopic (exact) mass is 486 g/mol. The second kappa shape index (κ2) is 9.27. The summed E-state index contributed by atoms with van der Waals surface area (Å²) in [6, 6.07) is 16.3. The third-order valence-corrected chi connectivity index (χ3v) is 5.33. The molecule has 8 nitrogen and oxygen atoms in total. The van der Waals surface area contributed by atoms with Gasteiger partial charge in [0.1, 0.15) is 16.5 Å². The average Bonchev–Trinajstić information content (AvgIpc) is 3.27. The normalized spacial score (nSPS) is 11.1. The lowest BCUT2D eigenvalue weighted by Crippen LogP contribution is -2.11. The first-order valence-electron chi connectivity index (χ1n) is 9.54. The van der Waals surface area contributed by atoms with Gasteiger partial charge in [0, 0.05) is 23.3 Å². The highest BCUT2D eigenvalue weighted by atomic mass is 32.1. The average molecular weight is 486 g/mol. The van der Waals surface area contributed by atoms with Gasteiger partial charge in [-0.1, -0.05) is 35.6 Å². The number of halogens is 3. The molecule has 3 aromatic carbocycles. The van der Waals surface area contributed by atoms with Crippen molar-refractivity contribution in [2.75, 3.05) is 5.32 Å². The van der Waals surface area contributed by atoms with Gasteiger partial charge < -0.3 is 4.74 Å². The fraction of sp³-hybridized carbons (Fsp3) is 0.0455. The zero-order valence-corrected chi connectivity index (χ0v) is 17.8. The largest absolute Gasteiger partial charge is 0.457 e. The lowest BCUT2D eigenvalue weighted by Gasteiger charge is -2.10. The molecule has 1 amide bonds. The maximum Gasteiger partial charge on any atom is 0.416 e. The van der Waals surface area contributed by atoms with Gasteiger partial charge in [-0.25, -0.2) is 0 Å². The number of benzene rings is 3. The van der Waals surface area contributed by atoms with Crippen molar-refractivity contribution in [2.24, 2.45) is 0 Å². The fourth-order valence-corrected chi connectivity index (χ4v) is 3.62. The number of anilines is 1. The summed E-state index contributed by atoms with van der Waals surface area (Å²) in [7, 11) is 0. The van der Waals surface area contributed by atoms with Crippen LogP contribution in [0.5, 0.6) is 11.5 Å². The quantitative estimate of drug-likeness (QED) is 0.258. The molecule has 0 unspecified atom stereocenters. The van der Waals surface area contributed by atoms with Crippen LogP contribution in [0.2, 0.25) is 0 Å². The summed E-state index contributed by atoms with van der Waals surface area (Å²) in [5.41, 5.74) is -0.391. The molecule has 0 radical (unpaired) electrons. The van der Waals surface area contributed by atoms with E-state index < -0.39 is 22.6 Å². The number of nitrogens with zero attached hydrogens (tertiary/aromatic N) is 3. The maximum absolute atomic E-state index is 12.9. The number of amides is 1. The standard InChI is InChI=1S/C22H13F3N4O4S/c23-22(24,25)15-6-3-9-18(12-15)33-17-8-2-5-14(11-17)20-27-28-21(34-20)26-19(30)13-4-1-7-16(10-13)29(31)32/h1-12H,(H,26,28,30). The Bertz CT molecular complexity index is 1370. The Morgan fingerprint density at radius 2 is 1.68 bits per heavy atom. The molecule has 12 heteroatoms. The van der Waals surface area contributed by atoms with Crippen LogP contribution in [-0.2, 0) is 6.18 Å². The van der Waals surface area contributed by atoms with Crippen molar-refractivity contribution < 1.29 is 27.6 Å². The van der Waals surface area contributed by atoms with E-state index in [0.717, 1.165) is 29.5 Å². The summed E-state index contributed by atoms with van der Waals surface area (Å²) in [6.07, 6.45) is -4.49. The van der Waals surface area contributed by atoms with Crippen LogP contribution in [0, 0.1) is 10.1 Å². The number of hydrogen-bond donors (Lipinski definition) is 1. The molecule has 1 N–H and O–H groups in total. The highest BCUT2D eigenvalue weighted by Gasteiger charge is 2.30. The van der Waals surface area contributed by atoms with Crippen LogP contribution in [0.15, 0.2) is 72.8 Å². The number of nitro benzene ring substituents is 1. The Kier molecular flexibility index (Phi) is 6.23. The van der Waals surface area contributed by atoms with Crippen molar-refractivity contribution in [3.05, 3.63) is 94.0 Å². The zero-order chi connectivity index (χ0) is 24.3. The molecule has 0 saturated carbocycles. The van der Waals surface area contributed by atoms with E-state index in [1.807, 2.05) is 0 Å².